The van der Waals surface area contributed by atoms with Crippen LogP contribution in [-0.2, 0) is 6.54 Å². The number of halogens is 1. The van der Waals surface area contributed by atoms with Crippen molar-refractivity contribution in [2.45, 2.75) is 45.2 Å². The van der Waals surface area contributed by atoms with Crippen molar-refractivity contribution < 1.29 is 4.74 Å². The molecule has 1 atom stereocenters. The van der Waals surface area contributed by atoms with E-state index in [1.54, 1.807) is 18.4 Å². The van der Waals surface area contributed by atoms with Crippen molar-refractivity contribution >= 4 is 41.3 Å². The zero-order valence-corrected chi connectivity index (χ0v) is 21.5. The number of methoxy groups -OCH3 is 1. The third-order valence-electron chi connectivity index (χ3n) is 5.34. The Bertz CT molecular complexity index is 787. The van der Waals surface area contributed by atoms with Gasteiger partial charge in [0.05, 0.1) is 25.4 Å². The van der Waals surface area contributed by atoms with Crippen LogP contribution in [-0.4, -0.2) is 49.6 Å². The van der Waals surface area contributed by atoms with Crippen LogP contribution in [0.3, 0.4) is 0 Å². The summed E-state index contributed by atoms with van der Waals surface area (Å²) in [6.07, 6.45) is 2.53. The summed E-state index contributed by atoms with van der Waals surface area (Å²) in [6.45, 7) is 8.12. The Morgan fingerprint density at radius 3 is 2.47 bits per heavy atom. The second kappa shape index (κ2) is 12.5. The van der Waals surface area contributed by atoms with Gasteiger partial charge in [0, 0.05) is 19.0 Å². The maximum absolute atomic E-state index is 5.32. The van der Waals surface area contributed by atoms with Gasteiger partial charge in [0.15, 0.2) is 5.96 Å². The van der Waals surface area contributed by atoms with Crippen LogP contribution >= 0.6 is 35.3 Å². The van der Waals surface area contributed by atoms with Crippen LogP contribution < -0.4 is 15.4 Å². The average Bonchev–Trinajstić information content (AvgIpc) is 3.43. The van der Waals surface area contributed by atoms with Gasteiger partial charge in [0.1, 0.15) is 10.8 Å². The topological polar surface area (TPSA) is 61.8 Å². The molecule has 0 amide bonds. The molecule has 2 N–H and O–H groups in total. The second-order valence-corrected chi connectivity index (χ2v) is 8.60. The molecule has 0 bridgehead atoms. The molecular weight excluding hydrogens is 509 g/mol. The number of aromatic nitrogens is 1. The van der Waals surface area contributed by atoms with Gasteiger partial charge in [-0.1, -0.05) is 26.0 Å². The number of ether oxygens (including phenoxy) is 1. The lowest BCUT2D eigenvalue weighted by atomic mass is 10.1. The van der Waals surface area contributed by atoms with Gasteiger partial charge >= 0.3 is 0 Å². The van der Waals surface area contributed by atoms with Crippen LogP contribution in [0.2, 0.25) is 0 Å². The molecule has 1 aromatic carbocycles. The summed E-state index contributed by atoms with van der Waals surface area (Å²) in [5, 5.41) is 10.1. The van der Waals surface area contributed by atoms with E-state index in [2.05, 4.69) is 51.9 Å². The standard InChI is InChI=1S/C22H33N5OS.HI/c1-16(2)19-15-29-21(26-19)14-25-22(23-3)24-13-20(27-11-5-6-12-27)17-7-9-18(28-4)10-8-17;/h7-10,15-16,20H,5-6,11-14H2,1-4H3,(H2,23,24,25);1H. The molecule has 6 nitrogen and oxygen atoms in total. The van der Waals surface area contributed by atoms with E-state index in [1.165, 1.54) is 18.4 Å². The first-order chi connectivity index (χ1) is 14.1. The van der Waals surface area contributed by atoms with E-state index in [0.717, 1.165) is 42.0 Å². The molecule has 0 saturated carbocycles. The fourth-order valence-electron chi connectivity index (χ4n) is 3.58. The number of aliphatic imine (C=N–C) groups is 1. The molecule has 166 valence electrons. The summed E-state index contributed by atoms with van der Waals surface area (Å²) in [6, 6.07) is 8.74. The van der Waals surface area contributed by atoms with Gasteiger partial charge in [-0.25, -0.2) is 4.98 Å². The average molecular weight is 544 g/mol. The first-order valence-corrected chi connectivity index (χ1v) is 11.3. The molecule has 1 unspecified atom stereocenters. The molecule has 1 saturated heterocycles. The number of hydrogen-bond acceptors (Lipinski definition) is 5. The Morgan fingerprint density at radius 1 is 1.20 bits per heavy atom. The fraction of sp³-hybridized carbons (Fsp3) is 0.545. The molecule has 1 aromatic heterocycles. The summed E-state index contributed by atoms with van der Waals surface area (Å²) in [4.78, 5) is 11.6. The third-order valence-corrected chi connectivity index (χ3v) is 6.20. The summed E-state index contributed by atoms with van der Waals surface area (Å²) >= 11 is 1.70. The SMILES string of the molecule is CN=C(NCc1nc(C(C)C)cs1)NCC(c1ccc(OC)cc1)N1CCCC1.I. The minimum atomic E-state index is 0. The van der Waals surface area contributed by atoms with Crippen LogP contribution in [0.5, 0.6) is 5.75 Å². The fourth-order valence-corrected chi connectivity index (χ4v) is 4.48. The van der Waals surface area contributed by atoms with E-state index in [9.17, 15) is 0 Å². The van der Waals surface area contributed by atoms with Gasteiger partial charge in [-0.3, -0.25) is 9.89 Å². The van der Waals surface area contributed by atoms with Crippen LogP contribution in [0, 0.1) is 0 Å². The molecular formula is C22H34IN5OS. The minimum Gasteiger partial charge on any atom is -0.497 e. The first-order valence-electron chi connectivity index (χ1n) is 10.4. The van der Waals surface area contributed by atoms with E-state index in [0.29, 0.717) is 18.5 Å². The zero-order valence-electron chi connectivity index (χ0n) is 18.4. The molecule has 3 rings (SSSR count). The Hall–Kier alpha value is -1.39. The van der Waals surface area contributed by atoms with Gasteiger partial charge in [0.25, 0.3) is 0 Å². The molecule has 8 heteroatoms. The summed E-state index contributed by atoms with van der Waals surface area (Å²) in [7, 11) is 3.52. The van der Waals surface area contributed by atoms with Gasteiger partial charge in [0.2, 0.25) is 0 Å². The number of nitrogens with zero attached hydrogens (tertiary/aromatic N) is 3. The molecule has 30 heavy (non-hydrogen) atoms. The highest BCUT2D eigenvalue weighted by Gasteiger charge is 2.23. The number of nitrogens with one attached hydrogen (secondary N) is 2. The van der Waals surface area contributed by atoms with E-state index in [4.69, 9.17) is 9.72 Å². The first kappa shape index (κ1) is 24.9. The van der Waals surface area contributed by atoms with Crippen LogP contribution in [0.1, 0.15) is 54.9 Å². The van der Waals surface area contributed by atoms with Crippen LogP contribution in [0.25, 0.3) is 0 Å². The van der Waals surface area contributed by atoms with E-state index >= 15 is 0 Å². The lowest BCUT2D eigenvalue weighted by molar-refractivity contribution is 0.245. The molecule has 0 radical (unpaired) electrons. The quantitative estimate of drug-likeness (QED) is 0.294. The third kappa shape index (κ3) is 6.81. The van der Waals surface area contributed by atoms with Crippen molar-refractivity contribution in [2.24, 2.45) is 4.99 Å². The lowest BCUT2D eigenvalue weighted by Crippen LogP contribution is -2.42. The second-order valence-electron chi connectivity index (χ2n) is 7.66. The predicted molar refractivity (Wildman–Crippen MR) is 136 cm³/mol. The van der Waals surface area contributed by atoms with E-state index < -0.39 is 0 Å². The number of guanidine groups is 1. The highest BCUT2D eigenvalue weighted by atomic mass is 127. The Kier molecular flexibility index (Phi) is 10.3. The van der Waals surface area contributed by atoms with Gasteiger partial charge in [-0.05, 0) is 49.5 Å². The molecule has 0 aliphatic carbocycles. The molecule has 1 aliphatic heterocycles. The normalized spacial score (nSPS) is 15.7. The zero-order chi connectivity index (χ0) is 20.6. The smallest absolute Gasteiger partial charge is 0.191 e. The van der Waals surface area contributed by atoms with Crippen molar-refractivity contribution in [1.29, 1.82) is 0 Å². The maximum Gasteiger partial charge on any atom is 0.191 e. The number of benzene rings is 1. The Balaban J connectivity index is 0.00000320. The van der Waals surface area contributed by atoms with Crippen molar-refractivity contribution in [3.63, 3.8) is 0 Å². The molecule has 2 heterocycles. The van der Waals surface area contributed by atoms with Crippen molar-refractivity contribution in [1.82, 2.24) is 20.5 Å². The molecule has 2 aromatic rings. The molecule has 0 spiro atoms. The number of thiazole rings is 1. The minimum absolute atomic E-state index is 0. The highest BCUT2D eigenvalue weighted by Crippen LogP contribution is 2.26. The Morgan fingerprint density at radius 2 is 1.90 bits per heavy atom. The van der Waals surface area contributed by atoms with Gasteiger partial charge < -0.3 is 15.4 Å². The summed E-state index contributed by atoms with van der Waals surface area (Å²) in [5.74, 6) is 2.16. The van der Waals surface area contributed by atoms with E-state index in [1.807, 2.05) is 19.2 Å². The van der Waals surface area contributed by atoms with Gasteiger partial charge in [-0.2, -0.15) is 0 Å². The summed E-state index contributed by atoms with van der Waals surface area (Å²) in [5.41, 5.74) is 2.46. The lowest BCUT2D eigenvalue weighted by Gasteiger charge is -2.29. The highest BCUT2D eigenvalue weighted by molar-refractivity contribution is 14.0. The van der Waals surface area contributed by atoms with Crippen molar-refractivity contribution in [3.05, 3.63) is 45.9 Å². The number of hydrogen-bond donors (Lipinski definition) is 2. The van der Waals surface area contributed by atoms with E-state index in [-0.39, 0.29) is 24.0 Å². The van der Waals surface area contributed by atoms with Crippen LogP contribution in [0.4, 0.5) is 0 Å². The molecule has 1 fully saturated rings. The van der Waals surface area contributed by atoms with Crippen LogP contribution in [0.15, 0.2) is 34.6 Å². The largest absolute Gasteiger partial charge is 0.497 e. The summed E-state index contributed by atoms with van der Waals surface area (Å²) < 4.78 is 5.32. The van der Waals surface area contributed by atoms with Gasteiger partial charge in [-0.15, -0.1) is 35.3 Å². The monoisotopic (exact) mass is 543 g/mol. The number of likely N-dealkylation sites (tertiary alicyclic amines) is 1. The number of rotatable bonds is 8. The Labute approximate surface area is 201 Å². The predicted octanol–water partition coefficient (Wildman–Crippen LogP) is 4.40. The maximum atomic E-state index is 5.32. The van der Waals surface area contributed by atoms with Crippen molar-refractivity contribution in [2.75, 3.05) is 33.8 Å². The van der Waals surface area contributed by atoms with Crippen molar-refractivity contribution in [3.8, 4) is 5.75 Å². The molecule has 1 aliphatic rings.